The van der Waals surface area contributed by atoms with E-state index in [0.717, 1.165) is 30.5 Å². The number of fused-ring (bicyclic) bond motifs is 1. The largest absolute Gasteiger partial charge is 0.308 e. The highest BCUT2D eigenvalue weighted by Gasteiger charge is 2.19. The molecule has 0 aromatic carbocycles. The van der Waals surface area contributed by atoms with Gasteiger partial charge in [-0.15, -0.1) is 0 Å². The number of rotatable bonds is 2. The van der Waals surface area contributed by atoms with Crippen molar-refractivity contribution in [3.63, 3.8) is 0 Å². The zero-order chi connectivity index (χ0) is 11.7. The third-order valence-electron chi connectivity index (χ3n) is 2.86. The first kappa shape index (κ1) is 10.1. The van der Waals surface area contributed by atoms with Gasteiger partial charge in [-0.05, 0) is 19.3 Å². The van der Waals surface area contributed by atoms with Crippen molar-refractivity contribution >= 4 is 5.82 Å². The fourth-order valence-electron chi connectivity index (χ4n) is 2.08. The lowest BCUT2D eigenvalue weighted by molar-refractivity contribution is 0.899. The molecule has 6 heteroatoms. The van der Waals surface area contributed by atoms with Crippen molar-refractivity contribution in [1.82, 2.24) is 19.9 Å². The van der Waals surface area contributed by atoms with Gasteiger partial charge in [-0.2, -0.15) is 0 Å². The Morgan fingerprint density at radius 1 is 1.18 bits per heavy atom. The molecule has 2 aromatic rings. The van der Waals surface area contributed by atoms with Crippen LogP contribution in [0.4, 0.5) is 5.82 Å². The molecule has 0 saturated carbocycles. The SMILES string of the molecule is NNc1nc(-c2cnccn2)nc2c1CCC2. The van der Waals surface area contributed by atoms with Crippen LogP contribution in [0.5, 0.6) is 0 Å². The molecule has 0 fully saturated rings. The number of nitrogen functional groups attached to an aromatic ring is 1. The van der Waals surface area contributed by atoms with Crippen molar-refractivity contribution in [2.24, 2.45) is 5.84 Å². The average Bonchev–Trinajstić information content (AvgIpc) is 2.86. The van der Waals surface area contributed by atoms with Crippen molar-refractivity contribution in [2.75, 3.05) is 5.43 Å². The van der Waals surface area contributed by atoms with E-state index in [4.69, 9.17) is 5.84 Å². The first-order chi connectivity index (χ1) is 8.38. The summed E-state index contributed by atoms with van der Waals surface area (Å²) in [6.07, 6.45) is 7.95. The molecule has 0 unspecified atom stereocenters. The van der Waals surface area contributed by atoms with Gasteiger partial charge in [0.25, 0.3) is 0 Å². The standard InChI is InChI=1S/C11H12N6/c12-17-10-7-2-1-3-8(7)15-11(16-10)9-6-13-4-5-14-9/h4-6H,1-3,12H2,(H,15,16,17). The molecule has 1 aliphatic carbocycles. The maximum Gasteiger partial charge on any atom is 0.182 e. The molecule has 0 spiro atoms. The number of anilines is 1. The average molecular weight is 228 g/mol. The summed E-state index contributed by atoms with van der Waals surface area (Å²) in [6, 6.07) is 0. The molecule has 86 valence electrons. The lowest BCUT2D eigenvalue weighted by Crippen LogP contribution is -2.13. The maximum absolute atomic E-state index is 5.49. The van der Waals surface area contributed by atoms with Crippen LogP contribution < -0.4 is 11.3 Å². The Balaban J connectivity index is 2.13. The smallest absolute Gasteiger partial charge is 0.182 e. The molecular formula is C11H12N6. The summed E-state index contributed by atoms with van der Waals surface area (Å²) in [5.74, 6) is 6.77. The van der Waals surface area contributed by atoms with E-state index in [1.165, 1.54) is 0 Å². The molecule has 17 heavy (non-hydrogen) atoms. The molecule has 6 nitrogen and oxygen atoms in total. The van der Waals surface area contributed by atoms with Crippen LogP contribution >= 0.6 is 0 Å². The number of hydrogen-bond acceptors (Lipinski definition) is 6. The van der Waals surface area contributed by atoms with Gasteiger partial charge in [-0.3, -0.25) is 4.98 Å². The van der Waals surface area contributed by atoms with Gasteiger partial charge in [0.1, 0.15) is 11.5 Å². The summed E-state index contributed by atoms with van der Waals surface area (Å²) in [7, 11) is 0. The van der Waals surface area contributed by atoms with E-state index < -0.39 is 0 Å². The van der Waals surface area contributed by atoms with Gasteiger partial charge in [0, 0.05) is 23.7 Å². The Hall–Kier alpha value is -2.08. The molecular weight excluding hydrogens is 216 g/mol. The first-order valence-corrected chi connectivity index (χ1v) is 5.51. The zero-order valence-electron chi connectivity index (χ0n) is 9.22. The highest BCUT2D eigenvalue weighted by atomic mass is 15.3. The lowest BCUT2D eigenvalue weighted by Gasteiger charge is -2.08. The van der Waals surface area contributed by atoms with Crippen LogP contribution in [0, 0.1) is 0 Å². The van der Waals surface area contributed by atoms with Crippen LogP contribution in [0.2, 0.25) is 0 Å². The van der Waals surface area contributed by atoms with E-state index in [1.54, 1.807) is 18.6 Å². The van der Waals surface area contributed by atoms with Crippen LogP contribution in [0.3, 0.4) is 0 Å². The van der Waals surface area contributed by atoms with Gasteiger partial charge in [0.15, 0.2) is 5.82 Å². The summed E-state index contributed by atoms with van der Waals surface area (Å²) in [5, 5.41) is 0. The van der Waals surface area contributed by atoms with Crippen LogP contribution in [-0.2, 0) is 12.8 Å². The van der Waals surface area contributed by atoms with Gasteiger partial charge in [-0.1, -0.05) is 0 Å². The van der Waals surface area contributed by atoms with E-state index in [2.05, 4.69) is 25.4 Å². The van der Waals surface area contributed by atoms with Crippen molar-refractivity contribution in [1.29, 1.82) is 0 Å². The predicted octanol–water partition coefficient (Wildman–Crippen LogP) is 0.708. The molecule has 0 aliphatic heterocycles. The van der Waals surface area contributed by atoms with Gasteiger partial charge in [0.2, 0.25) is 0 Å². The van der Waals surface area contributed by atoms with E-state index in [9.17, 15) is 0 Å². The molecule has 2 heterocycles. The third-order valence-corrected chi connectivity index (χ3v) is 2.86. The molecule has 0 radical (unpaired) electrons. The molecule has 3 rings (SSSR count). The Morgan fingerprint density at radius 2 is 2.12 bits per heavy atom. The summed E-state index contributed by atoms with van der Waals surface area (Å²) in [5.41, 5.74) is 5.49. The van der Waals surface area contributed by atoms with Crippen LogP contribution in [0.15, 0.2) is 18.6 Å². The number of aryl methyl sites for hydroxylation is 1. The normalized spacial score (nSPS) is 13.5. The molecule has 0 bridgehead atoms. The van der Waals surface area contributed by atoms with Crippen molar-refractivity contribution in [2.45, 2.75) is 19.3 Å². The van der Waals surface area contributed by atoms with E-state index in [0.29, 0.717) is 17.3 Å². The molecule has 0 amide bonds. The predicted molar refractivity (Wildman–Crippen MR) is 62.9 cm³/mol. The van der Waals surface area contributed by atoms with Gasteiger partial charge in [0.05, 0.1) is 6.20 Å². The number of nitrogens with zero attached hydrogens (tertiary/aromatic N) is 4. The second-order valence-corrected chi connectivity index (χ2v) is 3.91. The fraction of sp³-hybridized carbons (Fsp3) is 0.273. The first-order valence-electron chi connectivity index (χ1n) is 5.51. The summed E-state index contributed by atoms with van der Waals surface area (Å²) >= 11 is 0. The lowest BCUT2D eigenvalue weighted by atomic mass is 10.2. The zero-order valence-corrected chi connectivity index (χ0v) is 9.22. The number of hydrogen-bond donors (Lipinski definition) is 2. The van der Waals surface area contributed by atoms with Crippen LogP contribution in [0.1, 0.15) is 17.7 Å². The monoisotopic (exact) mass is 228 g/mol. The Bertz CT molecular complexity index is 539. The quantitative estimate of drug-likeness (QED) is 0.581. The van der Waals surface area contributed by atoms with Crippen LogP contribution in [0.25, 0.3) is 11.5 Å². The van der Waals surface area contributed by atoms with Crippen molar-refractivity contribution in [3.8, 4) is 11.5 Å². The molecule has 3 N–H and O–H groups in total. The maximum atomic E-state index is 5.49. The van der Waals surface area contributed by atoms with E-state index in [-0.39, 0.29) is 0 Å². The number of nitrogens with two attached hydrogens (primary N) is 1. The Morgan fingerprint density at radius 3 is 2.88 bits per heavy atom. The molecule has 0 saturated heterocycles. The topological polar surface area (TPSA) is 89.6 Å². The highest BCUT2D eigenvalue weighted by Crippen LogP contribution is 2.27. The number of aromatic nitrogens is 4. The minimum absolute atomic E-state index is 0.576. The second-order valence-electron chi connectivity index (χ2n) is 3.91. The van der Waals surface area contributed by atoms with Gasteiger partial charge < -0.3 is 5.43 Å². The third kappa shape index (κ3) is 1.72. The van der Waals surface area contributed by atoms with Crippen molar-refractivity contribution < 1.29 is 0 Å². The molecule has 2 aromatic heterocycles. The number of hydrazine groups is 1. The van der Waals surface area contributed by atoms with Crippen molar-refractivity contribution in [3.05, 3.63) is 29.8 Å². The highest BCUT2D eigenvalue weighted by molar-refractivity contribution is 5.56. The summed E-state index contributed by atoms with van der Waals surface area (Å²) < 4.78 is 0. The minimum Gasteiger partial charge on any atom is -0.308 e. The van der Waals surface area contributed by atoms with E-state index in [1.807, 2.05) is 0 Å². The minimum atomic E-state index is 0.576. The second kappa shape index (κ2) is 4.06. The fourth-order valence-corrected chi connectivity index (χ4v) is 2.08. The van der Waals surface area contributed by atoms with Gasteiger partial charge >= 0.3 is 0 Å². The summed E-state index contributed by atoms with van der Waals surface area (Å²) in [4.78, 5) is 17.1. The molecule has 0 atom stereocenters. The van der Waals surface area contributed by atoms with E-state index >= 15 is 0 Å². The van der Waals surface area contributed by atoms with Crippen LogP contribution in [-0.4, -0.2) is 19.9 Å². The Labute approximate surface area is 98.3 Å². The number of nitrogens with one attached hydrogen (secondary N) is 1. The van der Waals surface area contributed by atoms with Gasteiger partial charge in [-0.25, -0.2) is 20.8 Å². The molecule has 1 aliphatic rings. The Kier molecular flexibility index (Phi) is 2.41. The summed E-state index contributed by atoms with van der Waals surface area (Å²) in [6.45, 7) is 0.